The second-order valence-corrected chi connectivity index (χ2v) is 4.14. The van der Waals surface area contributed by atoms with Gasteiger partial charge in [-0.3, -0.25) is 0 Å². The molecule has 4 heteroatoms. The van der Waals surface area contributed by atoms with Gasteiger partial charge in [0.2, 0.25) is 0 Å². The zero-order valence-electron chi connectivity index (χ0n) is 9.17. The molecule has 0 amide bonds. The fourth-order valence-corrected chi connectivity index (χ4v) is 1.57. The zero-order chi connectivity index (χ0) is 12.1. The van der Waals surface area contributed by atoms with Crippen molar-refractivity contribution in [2.45, 2.75) is 12.5 Å². The van der Waals surface area contributed by atoms with Gasteiger partial charge in [0, 0.05) is 11.4 Å². The first-order valence-corrected chi connectivity index (χ1v) is 5.70. The highest BCUT2D eigenvalue weighted by molar-refractivity contribution is 6.30. The van der Waals surface area contributed by atoms with Gasteiger partial charge in [0.1, 0.15) is 18.1 Å². The van der Waals surface area contributed by atoms with E-state index in [0.29, 0.717) is 17.2 Å². The highest BCUT2D eigenvalue weighted by atomic mass is 35.5. The molecule has 17 heavy (non-hydrogen) atoms. The van der Waals surface area contributed by atoms with Gasteiger partial charge in [0.05, 0.1) is 12.4 Å². The second kappa shape index (κ2) is 5.75. The normalized spacial score (nSPS) is 12.4. The Balaban J connectivity index is 1.79. The smallest absolute Gasteiger partial charge is 0.119 e. The maximum Gasteiger partial charge on any atom is 0.119 e. The van der Waals surface area contributed by atoms with E-state index < -0.39 is 6.10 Å². The molecule has 0 spiro atoms. The van der Waals surface area contributed by atoms with Gasteiger partial charge in [-0.2, -0.15) is 0 Å². The first-order valence-electron chi connectivity index (χ1n) is 5.33. The third-order valence-corrected chi connectivity index (χ3v) is 2.52. The highest BCUT2D eigenvalue weighted by Gasteiger charge is 2.08. The number of halogens is 1. The van der Waals surface area contributed by atoms with Crippen LogP contribution in [-0.2, 0) is 6.42 Å². The van der Waals surface area contributed by atoms with Gasteiger partial charge in [-0.05, 0) is 36.4 Å². The van der Waals surface area contributed by atoms with Crippen LogP contribution >= 0.6 is 11.6 Å². The molecule has 1 atom stereocenters. The van der Waals surface area contributed by atoms with E-state index in [-0.39, 0.29) is 6.61 Å². The summed E-state index contributed by atoms with van der Waals surface area (Å²) in [5.74, 6) is 1.44. The van der Waals surface area contributed by atoms with Crippen LogP contribution in [0.1, 0.15) is 5.76 Å². The molecule has 0 aliphatic rings. The summed E-state index contributed by atoms with van der Waals surface area (Å²) in [7, 11) is 0. The molecule has 0 fully saturated rings. The van der Waals surface area contributed by atoms with Gasteiger partial charge < -0.3 is 14.3 Å². The Morgan fingerprint density at radius 3 is 2.65 bits per heavy atom. The number of rotatable bonds is 5. The quantitative estimate of drug-likeness (QED) is 0.890. The average Bonchev–Trinajstić information content (AvgIpc) is 2.81. The van der Waals surface area contributed by atoms with Crippen molar-refractivity contribution >= 4 is 11.6 Å². The number of hydrogen-bond acceptors (Lipinski definition) is 3. The molecular weight excluding hydrogens is 240 g/mol. The average molecular weight is 253 g/mol. The number of furan rings is 1. The molecule has 2 rings (SSSR count). The Labute approximate surface area is 105 Å². The van der Waals surface area contributed by atoms with E-state index >= 15 is 0 Å². The molecular formula is C13H13ClO3. The minimum atomic E-state index is -0.586. The second-order valence-electron chi connectivity index (χ2n) is 3.70. The van der Waals surface area contributed by atoms with Gasteiger partial charge in [-0.1, -0.05) is 11.6 Å². The molecule has 0 saturated carbocycles. The maximum absolute atomic E-state index is 9.73. The van der Waals surface area contributed by atoms with E-state index in [1.54, 1.807) is 36.6 Å². The van der Waals surface area contributed by atoms with E-state index in [4.69, 9.17) is 20.8 Å². The van der Waals surface area contributed by atoms with Gasteiger partial charge >= 0.3 is 0 Å². The Kier molecular flexibility index (Phi) is 4.07. The highest BCUT2D eigenvalue weighted by Crippen LogP contribution is 2.16. The van der Waals surface area contributed by atoms with Crippen molar-refractivity contribution < 1.29 is 14.3 Å². The number of hydrogen-bond donors (Lipinski definition) is 1. The van der Waals surface area contributed by atoms with Crippen molar-refractivity contribution in [2.24, 2.45) is 0 Å². The molecule has 1 N–H and O–H groups in total. The lowest BCUT2D eigenvalue weighted by Crippen LogP contribution is -2.19. The lowest BCUT2D eigenvalue weighted by Gasteiger charge is -2.11. The number of benzene rings is 1. The summed E-state index contributed by atoms with van der Waals surface area (Å²) >= 11 is 5.75. The topological polar surface area (TPSA) is 42.6 Å². The molecule has 3 nitrogen and oxygen atoms in total. The van der Waals surface area contributed by atoms with Crippen molar-refractivity contribution in [3.8, 4) is 5.75 Å². The van der Waals surface area contributed by atoms with Crippen molar-refractivity contribution in [3.05, 3.63) is 53.4 Å². The van der Waals surface area contributed by atoms with Crippen LogP contribution in [0.5, 0.6) is 5.75 Å². The third-order valence-electron chi connectivity index (χ3n) is 2.27. The number of aliphatic hydroxyl groups excluding tert-OH is 1. The molecule has 1 aromatic heterocycles. The number of ether oxygens (including phenoxy) is 1. The Morgan fingerprint density at radius 1 is 1.24 bits per heavy atom. The fourth-order valence-electron chi connectivity index (χ4n) is 1.44. The minimum Gasteiger partial charge on any atom is -0.491 e. The number of aliphatic hydroxyl groups is 1. The summed E-state index contributed by atoms with van der Waals surface area (Å²) in [6, 6.07) is 10.6. The molecule has 1 aromatic carbocycles. The van der Waals surface area contributed by atoms with E-state index in [2.05, 4.69) is 0 Å². The zero-order valence-corrected chi connectivity index (χ0v) is 9.93. The van der Waals surface area contributed by atoms with Crippen molar-refractivity contribution in [1.29, 1.82) is 0 Å². The predicted octanol–water partition coefficient (Wildman–Crippen LogP) is 2.92. The van der Waals surface area contributed by atoms with Crippen LogP contribution in [0.2, 0.25) is 5.02 Å². The van der Waals surface area contributed by atoms with Crippen LogP contribution in [0.3, 0.4) is 0 Å². The van der Waals surface area contributed by atoms with Crippen molar-refractivity contribution in [2.75, 3.05) is 6.61 Å². The molecule has 1 heterocycles. The van der Waals surface area contributed by atoms with Gasteiger partial charge in [0.15, 0.2) is 0 Å². The van der Waals surface area contributed by atoms with Gasteiger partial charge in [0.25, 0.3) is 0 Å². The summed E-state index contributed by atoms with van der Waals surface area (Å²) in [5.41, 5.74) is 0. The maximum atomic E-state index is 9.73. The lowest BCUT2D eigenvalue weighted by molar-refractivity contribution is 0.103. The van der Waals surface area contributed by atoms with Crippen LogP contribution in [0.25, 0.3) is 0 Å². The SMILES string of the molecule is OC(COc1ccc(Cl)cc1)Cc1ccco1. The molecule has 0 radical (unpaired) electrons. The minimum absolute atomic E-state index is 0.225. The monoisotopic (exact) mass is 252 g/mol. The Hall–Kier alpha value is -1.45. The van der Waals surface area contributed by atoms with E-state index in [1.165, 1.54) is 0 Å². The van der Waals surface area contributed by atoms with Gasteiger partial charge in [-0.25, -0.2) is 0 Å². The summed E-state index contributed by atoms with van der Waals surface area (Å²) in [4.78, 5) is 0. The molecule has 0 aliphatic carbocycles. The van der Waals surface area contributed by atoms with E-state index in [1.807, 2.05) is 6.07 Å². The summed E-state index contributed by atoms with van der Waals surface area (Å²) in [6.07, 6.45) is 1.44. The third kappa shape index (κ3) is 3.80. The van der Waals surface area contributed by atoms with Crippen molar-refractivity contribution in [3.63, 3.8) is 0 Å². The molecule has 0 bridgehead atoms. The molecule has 90 valence electrons. The summed E-state index contributed by atoms with van der Waals surface area (Å²) in [6.45, 7) is 0.225. The molecule has 0 aliphatic heterocycles. The van der Waals surface area contributed by atoms with Crippen LogP contribution in [0.4, 0.5) is 0 Å². The lowest BCUT2D eigenvalue weighted by atomic mass is 10.2. The van der Waals surface area contributed by atoms with Crippen LogP contribution in [0.15, 0.2) is 47.1 Å². The van der Waals surface area contributed by atoms with Crippen LogP contribution < -0.4 is 4.74 Å². The molecule has 0 saturated heterocycles. The van der Waals surface area contributed by atoms with Crippen LogP contribution in [-0.4, -0.2) is 17.8 Å². The van der Waals surface area contributed by atoms with Gasteiger partial charge in [-0.15, -0.1) is 0 Å². The molecule has 2 aromatic rings. The largest absolute Gasteiger partial charge is 0.491 e. The van der Waals surface area contributed by atoms with E-state index in [9.17, 15) is 5.11 Å². The Bertz CT molecular complexity index is 436. The summed E-state index contributed by atoms with van der Waals surface area (Å²) in [5, 5.41) is 10.4. The first-order chi connectivity index (χ1) is 8.24. The van der Waals surface area contributed by atoms with Crippen LogP contribution in [0, 0.1) is 0 Å². The Morgan fingerprint density at radius 2 is 2.00 bits per heavy atom. The predicted molar refractivity (Wildman–Crippen MR) is 65.4 cm³/mol. The first kappa shape index (κ1) is 12.0. The standard InChI is InChI=1S/C13H13ClO3/c14-10-3-5-12(6-4-10)17-9-11(15)8-13-2-1-7-16-13/h1-7,11,15H,8-9H2. The molecule has 1 unspecified atom stereocenters. The van der Waals surface area contributed by atoms with E-state index in [0.717, 1.165) is 5.76 Å². The summed E-state index contributed by atoms with van der Waals surface area (Å²) < 4.78 is 10.6. The van der Waals surface area contributed by atoms with Crippen molar-refractivity contribution in [1.82, 2.24) is 0 Å². The fraction of sp³-hybridized carbons (Fsp3) is 0.231.